The second-order valence-corrected chi connectivity index (χ2v) is 14.7. The summed E-state index contributed by atoms with van der Waals surface area (Å²) in [6.07, 6.45) is 18.9. The Balaban J connectivity index is 1.04. The highest BCUT2D eigenvalue weighted by atomic mass is 16.3. The Morgan fingerprint density at radius 2 is 1.65 bits per heavy atom. The number of aliphatic hydroxyl groups is 1. The number of fused-ring (bicyclic) bond motifs is 5. The molecule has 4 aliphatic carbocycles. The van der Waals surface area contributed by atoms with Gasteiger partial charge in [-0.1, -0.05) is 89.1 Å². The van der Waals surface area contributed by atoms with Crippen molar-refractivity contribution in [2.45, 2.75) is 136 Å². The van der Waals surface area contributed by atoms with Crippen molar-refractivity contribution in [1.29, 1.82) is 0 Å². The number of carbonyl (C=O) groups excluding carboxylic acids is 2. The van der Waals surface area contributed by atoms with Gasteiger partial charge in [-0.3, -0.25) is 9.59 Å². The van der Waals surface area contributed by atoms with Gasteiger partial charge in [0.15, 0.2) is 0 Å². The van der Waals surface area contributed by atoms with Crippen LogP contribution >= 0.6 is 0 Å². The molecule has 40 heavy (non-hydrogen) atoms. The molecule has 0 saturated heterocycles. The quantitative estimate of drug-likeness (QED) is 0.260. The minimum absolute atomic E-state index is 0.104. The van der Waals surface area contributed by atoms with Crippen LogP contribution in [0.5, 0.6) is 0 Å². The third-order valence-electron chi connectivity index (χ3n) is 12.3. The maximum absolute atomic E-state index is 12.4. The molecule has 222 valence electrons. The first-order chi connectivity index (χ1) is 19.3. The lowest BCUT2D eigenvalue weighted by Gasteiger charge is -2.62. The van der Waals surface area contributed by atoms with Crippen molar-refractivity contribution < 1.29 is 14.7 Å². The first-order valence-corrected chi connectivity index (χ1v) is 16.8. The van der Waals surface area contributed by atoms with Crippen molar-refractivity contribution in [2.75, 3.05) is 0 Å². The maximum Gasteiger partial charge on any atom is 0.220 e. The van der Waals surface area contributed by atoms with Crippen molar-refractivity contribution in [3.63, 3.8) is 0 Å². The molecule has 4 nitrogen and oxygen atoms in total. The molecule has 0 spiro atoms. The molecule has 1 aromatic carbocycles. The van der Waals surface area contributed by atoms with Gasteiger partial charge in [0.25, 0.3) is 0 Å². The van der Waals surface area contributed by atoms with Crippen molar-refractivity contribution in [2.24, 2.45) is 40.4 Å². The second kappa shape index (κ2) is 13.1. The van der Waals surface area contributed by atoms with Crippen LogP contribution in [0.1, 0.15) is 129 Å². The molecule has 4 aliphatic rings. The van der Waals surface area contributed by atoms with Crippen LogP contribution in [0, 0.1) is 40.4 Å². The normalized spacial score (nSPS) is 36.9. The highest BCUT2D eigenvalue weighted by molar-refractivity contribution is 5.79. The number of Topliss-reactive ketones (excluding diaryl/α,β-unsaturated/α-hetero) is 1. The molecule has 0 aromatic heterocycles. The monoisotopic (exact) mass is 549 g/mol. The number of unbranched alkanes of at least 4 members (excludes halogenated alkanes) is 6. The van der Waals surface area contributed by atoms with Gasteiger partial charge < -0.3 is 10.4 Å². The van der Waals surface area contributed by atoms with E-state index in [1.807, 2.05) is 30.3 Å². The topological polar surface area (TPSA) is 66.4 Å². The number of rotatable bonds is 12. The van der Waals surface area contributed by atoms with Gasteiger partial charge in [-0.05, 0) is 90.9 Å². The van der Waals surface area contributed by atoms with Gasteiger partial charge in [0.05, 0.1) is 6.10 Å². The number of hydrogen-bond donors (Lipinski definition) is 2. The standard InChI is InChI=1S/C36H55NO3/c1-35-22-21-29(38)23-28(35)17-18-30-31-19-20-32(39)36(31,2)24-27(34(30)35)15-11-6-4-3-5-7-12-16-33(40)37-25-26-13-9-8-10-14-26/h8-10,13-14,27-28,30-32,34,39H,3-7,11-12,15-25H2,1-2H3,(H,37,40)/t27-,28-,30-,31-,32-,34-,35-,36-/m0/s1. The Labute approximate surface area is 243 Å². The number of aliphatic hydroxyl groups excluding tert-OH is 1. The Morgan fingerprint density at radius 3 is 2.42 bits per heavy atom. The van der Waals surface area contributed by atoms with Crippen LogP contribution in [0.25, 0.3) is 0 Å². The molecule has 0 heterocycles. The first-order valence-electron chi connectivity index (χ1n) is 16.8. The van der Waals surface area contributed by atoms with E-state index in [1.54, 1.807) is 0 Å². The molecule has 0 aliphatic heterocycles. The van der Waals surface area contributed by atoms with Gasteiger partial charge in [-0.25, -0.2) is 0 Å². The van der Waals surface area contributed by atoms with E-state index in [1.165, 1.54) is 64.2 Å². The molecule has 0 radical (unpaired) electrons. The lowest BCUT2D eigenvalue weighted by atomic mass is 9.42. The first kappa shape index (κ1) is 29.8. The highest BCUT2D eigenvalue weighted by Crippen LogP contribution is 2.68. The van der Waals surface area contributed by atoms with Crippen LogP contribution < -0.4 is 5.32 Å². The predicted octanol–water partition coefficient (Wildman–Crippen LogP) is 8.01. The number of nitrogens with one attached hydrogen (secondary N) is 1. The van der Waals surface area contributed by atoms with E-state index in [-0.39, 0.29) is 17.4 Å². The van der Waals surface area contributed by atoms with Crippen LogP contribution in [0.2, 0.25) is 0 Å². The van der Waals surface area contributed by atoms with E-state index >= 15 is 0 Å². The van der Waals surface area contributed by atoms with Gasteiger partial charge in [0, 0.05) is 25.8 Å². The number of amides is 1. The van der Waals surface area contributed by atoms with Gasteiger partial charge in [0.1, 0.15) is 5.78 Å². The summed E-state index contributed by atoms with van der Waals surface area (Å²) >= 11 is 0. The Hall–Kier alpha value is -1.68. The van der Waals surface area contributed by atoms with Gasteiger partial charge in [-0.2, -0.15) is 0 Å². The van der Waals surface area contributed by atoms with E-state index in [9.17, 15) is 14.7 Å². The average Bonchev–Trinajstić information content (AvgIpc) is 3.25. The minimum Gasteiger partial charge on any atom is -0.393 e. The third-order valence-corrected chi connectivity index (χ3v) is 12.3. The smallest absolute Gasteiger partial charge is 0.220 e. The summed E-state index contributed by atoms with van der Waals surface area (Å²) < 4.78 is 0. The molecular formula is C36H55NO3. The molecule has 0 bridgehead atoms. The van der Waals surface area contributed by atoms with Crippen molar-refractivity contribution in [3.8, 4) is 0 Å². The van der Waals surface area contributed by atoms with Crippen LogP contribution in [0.15, 0.2) is 30.3 Å². The number of carbonyl (C=O) groups is 2. The predicted molar refractivity (Wildman–Crippen MR) is 161 cm³/mol. The van der Waals surface area contributed by atoms with Crippen molar-refractivity contribution >= 4 is 11.7 Å². The van der Waals surface area contributed by atoms with E-state index in [2.05, 4.69) is 19.2 Å². The summed E-state index contributed by atoms with van der Waals surface area (Å²) in [6, 6.07) is 10.1. The Morgan fingerprint density at radius 1 is 0.925 bits per heavy atom. The Bertz CT molecular complexity index is 993. The number of ketones is 1. The van der Waals surface area contributed by atoms with Gasteiger partial charge in [0.2, 0.25) is 5.91 Å². The van der Waals surface area contributed by atoms with Crippen LogP contribution in [0.3, 0.4) is 0 Å². The largest absolute Gasteiger partial charge is 0.393 e. The molecule has 1 amide bonds. The fourth-order valence-electron chi connectivity index (χ4n) is 10.2. The highest BCUT2D eigenvalue weighted by Gasteiger charge is 2.62. The summed E-state index contributed by atoms with van der Waals surface area (Å²) in [4.78, 5) is 24.5. The van der Waals surface area contributed by atoms with Crippen molar-refractivity contribution in [1.82, 2.24) is 5.32 Å². The average molecular weight is 550 g/mol. The summed E-state index contributed by atoms with van der Waals surface area (Å²) in [6.45, 7) is 5.60. The van der Waals surface area contributed by atoms with E-state index in [4.69, 9.17) is 0 Å². The molecule has 4 fully saturated rings. The van der Waals surface area contributed by atoms with E-state index < -0.39 is 0 Å². The minimum atomic E-state index is -0.125. The third kappa shape index (κ3) is 6.37. The molecular weight excluding hydrogens is 494 g/mol. The lowest BCUT2D eigenvalue weighted by Crippen LogP contribution is -2.57. The molecule has 1 aromatic rings. The van der Waals surface area contributed by atoms with Crippen LogP contribution in [-0.2, 0) is 16.1 Å². The molecule has 4 heteroatoms. The number of benzene rings is 1. The maximum atomic E-state index is 12.4. The zero-order valence-electron chi connectivity index (χ0n) is 25.3. The SMILES string of the molecule is C[C@]12CCC(=O)C[C@@H]1CC[C@@H]1[C@@H]2[C@@H](CCCCCCCCCC(=O)NCc2ccccc2)C[C@]2(C)[C@@H](O)CC[C@@H]12. The zero-order valence-corrected chi connectivity index (χ0v) is 25.3. The van der Waals surface area contributed by atoms with E-state index in [0.717, 1.165) is 55.9 Å². The summed E-state index contributed by atoms with van der Waals surface area (Å²) in [5.74, 6) is 4.14. The molecule has 8 atom stereocenters. The zero-order chi connectivity index (χ0) is 28.2. The Kier molecular flexibility index (Phi) is 9.75. The molecule has 2 N–H and O–H groups in total. The fourth-order valence-corrected chi connectivity index (χ4v) is 10.2. The second-order valence-electron chi connectivity index (χ2n) is 14.7. The fraction of sp³-hybridized carbons (Fsp3) is 0.778. The number of hydrogen-bond acceptors (Lipinski definition) is 3. The summed E-state index contributed by atoms with van der Waals surface area (Å²) in [5.41, 5.74) is 1.58. The summed E-state index contributed by atoms with van der Waals surface area (Å²) in [7, 11) is 0. The molecule has 4 saturated carbocycles. The van der Waals surface area contributed by atoms with E-state index in [0.29, 0.717) is 41.9 Å². The lowest BCUT2D eigenvalue weighted by molar-refractivity contribution is -0.159. The van der Waals surface area contributed by atoms with Gasteiger partial charge in [-0.15, -0.1) is 0 Å². The van der Waals surface area contributed by atoms with Crippen LogP contribution in [0.4, 0.5) is 0 Å². The van der Waals surface area contributed by atoms with Gasteiger partial charge >= 0.3 is 0 Å². The summed E-state index contributed by atoms with van der Waals surface area (Å²) in [5, 5.41) is 14.1. The molecule has 0 unspecified atom stereocenters. The van der Waals surface area contributed by atoms with Crippen molar-refractivity contribution in [3.05, 3.63) is 35.9 Å². The van der Waals surface area contributed by atoms with Crippen LogP contribution in [-0.4, -0.2) is 22.9 Å². The molecule has 5 rings (SSSR count).